The molecule has 0 saturated heterocycles. The first-order valence-corrected chi connectivity index (χ1v) is 7.61. The van der Waals surface area contributed by atoms with Crippen molar-refractivity contribution in [1.82, 2.24) is 0 Å². The molecule has 0 aliphatic rings. The van der Waals surface area contributed by atoms with Gasteiger partial charge in [0.15, 0.2) is 5.79 Å². The van der Waals surface area contributed by atoms with Crippen molar-refractivity contribution in [2.75, 3.05) is 13.2 Å². The third-order valence-corrected chi connectivity index (χ3v) is 3.43. The highest BCUT2D eigenvalue weighted by Crippen LogP contribution is 2.35. The smallest absolute Gasteiger partial charge is 0.336 e. The van der Waals surface area contributed by atoms with E-state index in [0.29, 0.717) is 5.56 Å². The van der Waals surface area contributed by atoms with E-state index in [4.69, 9.17) is 9.47 Å². The predicted octanol–water partition coefficient (Wildman–Crippen LogP) is 5.24. The third kappa shape index (κ3) is 6.34. The van der Waals surface area contributed by atoms with Crippen molar-refractivity contribution in [1.29, 1.82) is 0 Å². The minimum atomic E-state index is -4.72. The molecule has 142 valence electrons. The van der Waals surface area contributed by atoms with Crippen molar-refractivity contribution in [2.45, 2.75) is 24.6 Å². The Labute approximate surface area is 146 Å². The summed E-state index contributed by atoms with van der Waals surface area (Å²) < 4.78 is 86.1. The van der Waals surface area contributed by atoms with Gasteiger partial charge in [0, 0.05) is 12.0 Å². The largest absolute Gasteiger partial charge is 0.411 e. The quantitative estimate of drug-likeness (QED) is 0.485. The van der Waals surface area contributed by atoms with Crippen molar-refractivity contribution in [3.05, 3.63) is 71.8 Å². The molecule has 2 rings (SSSR count). The van der Waals surface area contributed by atoms with E-state index in [9.17, 15) is 26.3 Å². The van der Waals surface area contributed by atoms with Crippen LogP contribution in [0.5, 0.6) is 0 Å². The van der Waals surface area contributed by atoms with Crippen molar-refractivity contribution in [3.63, 3.8) is 0 Å². The molecule has 26 heavy (non-hydrogen) atoms. The molecule has 0 heterocycles. The molecule has 2 aromatic rings. The van der Waals surface area contributed by atoms with Gasteiger partial charge in [0.1, 0.15) is 13.2 Å². The van der Waals surface area contributed by atoms with Crippen LogP contribution in [0.25, 0.3) is 0 Å². The lowest BCUT2D eigenvalue weighted by Gasteiger charge is -2.35. The second-order valence-electron chi connectivity index (χ2n) is 5.59. The first-order valence-electron chi connectivity index (χ1n) is 7.61. The van der Waals surface area contributed by atoms with E-state index < -0.39 is 31.4 Å². The molecule has 8 heteroatoms. The van der Waals surface area contributed by atoms with Crippen molar-refractivity contribution in [3.8, 4) is 0 Å². The second kappa shape index (κ2) is 8.09. The Hall–Kier alpha value is -2.06. The minimum Gasteiger partial charge on any atom is -0.336 e. The van der Waals surface area contributed by atoms with Gasteiger partial charge in [-0.05, 0) is 5.56 Å². The molecule has 0 aliphatic heterocycles. The van der Waals surface area contributed by atoms with Crippen LogP contribution in [-0.4, -0.2) is 25.6 Å². The van der Waals surface area contributed by atoms with Gasteiger partial charge in [0.2, 0.25) is 0 Å². The van der Waals surface area contributed by atoms with E-state index in [-0.39, 0.29) is 12.0 Å². The fourth-order valence-corrected chi connectivity index (χ4v) is 2.37. The van der Waals surface area contributed by atoms with Gasteiger partial charge in [-0.2, -0.15) is 26.3 Å². The second-order valence-corrected chi connectivity index (χ2v) is 5.59. The molecule has 0 fully saturated rings. The zero-order valence-electron chi connectivity index (χ0n) is 13.5. The first-order chi connectivity index (χ1) is 12.1. The van der Waals surface area contributed by atoms with E-state index in [1.807, 2.05) is 0 Å². The fourth-order valence-electron chi connectivity index (χ4n) is 2.37. The van der Waals surface area contributed by atoms with E-state index in [1.54, 1.807) is 36.4 Å². The number of alkyl halides is 6. The van der Waals surface area contributed by atoms with Gasteiger partial charge in [0.05, 0.1) is 0 Å². The molecule has 0 radical (unpaired) electrons. The summed E-state index contributed by atoms with van der Waals surface area (Å²) >= 11 is 0. The predicted molar refractivity (Wildman–Crippen MR) is 82.3 cm³/mol. The molecule has 0 atom stereocenters. The number of benzene rings is 2. The van der Waals surface area contributed by atoms with Crippen molar-refractivity contribution < 1.29 is 35.8 Å². The van der Waals surface area contributed by atoms with Crippen LogP contribution in [-0.2, 0) is 21.7 Å². The number of rotatable bonds is 7. The van der Waals surface area contributed by atoms with Gasteiger partial charge in [-0.3, -0.25) is 0 Å². The average Bonchev–Trinajstić information content (AvgIpc) is 2.58. The van der Waals surface area contributed by atoms with Gasteiger partial charge < -0.3 is 9.47 Å². The summed E-state index contributed by atoms with van der Waals surface area (Å²) in [6.07, 6.45) is -9.76. The Bertz CT molecular complexity index is 650. The number of hydrogen-bond acceptors (Lipinski definition) is 2. The van der Waals surface area contributed by atoms with Crippen LogP contribution in [0.3, 0.4) is 0 Å². The molecule has 0 bridgehead atoms. The molecular formula is C18H16F6O2. The minimum absolute atomic E-state index is 0.0670. The van der Waals surface area contributed by atoms with E-state index >= 15 is 0 Å². The molecular weight excluding hydrogens is 362 g/mol. The van der Waals surface area contributed by atoms with Gasteiger partial charge in [-0.1, -0.05) is 60.7 Å². The van der Waals surface area contributed by atoms with Crippen LogP contribution in [0.2, 0.25) is 0 Å². The van der Waals surface area contributed by atoms with Crippen LogP contribution in [0.1, 0.15) is 11.1 Å². The number of halogens is 6. The molecule has 0 unspecified atom stereocenters. The molecule has 2 nitrogen and oxygen atoms in total. The normalized spacial score (nSPS) is 13.0. The van der Waals surface area contributed by atoms with E-state index in [2.05, 4.69) is 0 Å². The monoisotopic (exact) mass is 378 g/mol. The fraction of sp³-hybridized carbons (Fsp3) is 0.333. The topological polar surface area (TPSA) is 18.5 Å². The number of hydrogen-bond donors (Lipinski definition) is 0. The standard InChI is InChI=1S/C18H16F6O2/c19-17(20,21)12-25-16(26-13-18(22,23)24,15-9-5-2-6-10-15)11-14-7-3-1-4-8-14/h1-10H,11-13H2. The summed E-state index contributed by atoms with van der Waals surface area (Å²) in [5.74, 6) is -2.23. The average molecular weight is 378 g/mol. The van der Waals surface area contributed by atoms with Gasteiger partial charge >= 0.3 is 12.4 Å². The van der Waals surface area contributed by atoms with Gasteiger partial charge in [-0.15, -0.1) is 0 Å². The Morgan fingerprint density at radius 3 is 1.46 bits per heavy atom. The van der Waals surface area contributed by atoms with Crippen LogP contribution in [0.15, 0.2) is 60.7 Å². The molecule has 0 amide bonds. The molecule has 0 saturated carbocycles. The van der Waals surface area contributed by atoms with E-state index in [0.717, 1.165) is 0 Å². The zero-order chi connectivity index (χ0) is 19.3. The summed E-state index contributed by atoms with van der Waals surface area (Å²) in [4.78, 5) is 0. The molecule has 0 N–H and O–H groups in total. The summed E-state index contributed by atoms with van der Waals surface area (Å²) in [5.41, 5.74) is 0.540. The highest BCUT2D eigenvalue weighted by Gasteiger charge is 2.42. The first kappa shape index (κ1) is 20.3. The Balaban J connectivity index is 2.42. The van der Waals surface area contributed by atoms with E-state index in [1.165, 1.54) is 24.3 Å². The Kier molecular flexibility index (Phi) is 6.30. The lowest BCUT2D eigenvalue weighted by Crippen LogP contribution is -2.41. The maximum atomic E-state index is 12.7. The lowest BCUT2D eigenvalue weighted by molar-refractivity contribution is -0.317. The van der Waals surface area contributed by atoms with Crippen molar-refractivity contribution in [2.24, 2.45) is 0 Å². The van der Waals surface area contributed by atoms with Crippen LogP contribution in [0.4, 0.5) is 26.3 Å². The van der Waals surface area contributed by atoms with Gasteiger partial charge in [-0.25, -0.2) is 0 Å². The summed E-state index contributed by atoms with van der Waals surface area (Å²) in [6, 6.07) is 15.4. The Morgan fingerprint density at radius 2 is 1.04 bits per heavy atom. The zero-order valence-corrected chi connectivity index (χ0v) is 13.5. The third-order valence-electron chi connectivity index (χ3n) is 3.43. The van der Waals surface area contributed by atoms with Crippen molar-refractivity contribution >= 4 is 0 Å². The molecule has 0 aromatic heterocycles. The van der Waals surface area contributed by atoms with Crippen LogP contribution in [0, 0.1) is 0 Å². The van der Waals surface area contributed by atoms with Crippen LogP contribution < -0.4 is 0 Å². The van der Waals surface area contributed by atoms with Gasteiger partial charge in [0.25, 0.3) is 0 Å². The summed E-state index contributed by atoms with van der Waals surface area (Å²) in [6.45, 7) is -3.49. The molecule has 2 aromatic carbocycles. The summed E-state index contributed by atoms with van der Waals surface area (Å²) in [7, 11) is 0. The highest BCUT2D eigenvalue weighted by molar-refractivity contribution is 5.25. The highest BCUT2D eigenvalue weighted by atomic mass is 19.4. The molecule has 0 spiro atoms. The summed E-state index contributed by atoms with van der Waals surface area (Å²) in [5, 5.41) is 0. The van der Waals surface area contributed by atoms with Crippen LogP contribution >= 0.6 is 0 Å². The Morgan fingerprint density at radius 1 is 0.615 bits per heavy atom. The molecule has 0 aliphatic carbocycles. The lowest BCUT2D eigenvalue weighted by atomic mass is 9.97. The number of ether oxygens (including phenoxy) is 2. The maximum Gasteiger partial charge on any atom is 0.411 e. The maximum absolute atomic E-state index is 12.7. The SMILES string of the molecule is FC(F)(F)COC(Cc1ccccc1)(OCC(F)(F)F)c1ccccc1.